The van der Waals surface area contributed by atoms with E-state index in [1.807, 2.05) is 0 Å². The Morgan fingerprint density at radius 3 is 3.00 bits per heavy atom. The average Bonchev–Trinajstić information content (AvgIpc) is 2.31. The van der Waals surface area contributed by atoms with Gasteiger partial charge in [0.25, 0.3) is 0 Å². The number of halogens is 1. The Morgan fingerprint density at radius 2 is 2.55 bits per heavy atom. The van der Waals surface area contributed by atoms with Crippen molar-refractivity contribution in [2.75, 3.05) is 0 Å². The maximum atomic E-state index is 10.5. The summed E-state index contributed by atoms with van der Waals surface area (Å²) < 4.78 is 4.78. The number of hydrogen-bond donors (Lipinski definition) is 0. The molecule has 0 bridgehead atoms. The molecule has 0 atom stereocenters. The van der Waals surface area contributed by atoms with Gasteiger partial charge in [0.15, 0.2) is 5.15 Å². The molecule has 1 heterocycles. The summed E-state index contributed by atoms with van der Waals surface area (Å²) in [6.07, 6.45) is 1.06. The molecule has 0 aliphatic heterocycles. The molecule has 0 fully saturated rings. The van der Waals surface area contributed by atoms with E-state index in [4.69, 9.17) is 16.1 Å². The predicted molar refractivity (Wildman–Crippen MR) is 40.5 cm³/mol. The lowest BCUT2D eigenvalue weighted by molar-refractivity contribution is -0.117. The molecule has 0 aliphatic carbocycles. The third-order valence-corrected chi connectivity index (χ3v) is 1.43. The number of carbonyl (C=O) groups excluding carboxylic acids is 1. The fourth-order valence-electron chi connectivity index (χ4n) is 0.705. The molecule has 1 aromatic heterocycles. The van der Waals surface area contributed by atoms with Gasteiger partial charge in [-0.15, -0.1) is 0 Å². The van der Waals surface area contributed by atoms with E-state index in [0.29, 0.717) is 23.8 Å². The van der Waals surface area contributed by atoms with E-state index in [1.165, 1.54) is 6.92 Å². The smallest absolute Gasteiger partial charge is 0.172 e. The van der Waals surface area contributed by atoms with Gasteiger partial charge in [-0.05, 0) is 6.92 Å². The van der Waals surface area contributed by atoms with E-state index < -0.39 is 0 Å². The summed E-state index contributed by atoms with van der Waals surface area (Å²) in [7, 11) is 0. The SMILES string of the molecule is CC(=O)CCc1cc(Cl)no1. The number of hydrogen-bond acceptors (Lipinski definition) is 3. The van der Waals surface area contributed by atoms with Crippen molar-refractivity contribution in [1.82, 2.24) is 5.16 Å². The molecule has 0 saturated carbocycles. The Bertz CT molecular complexity index is 257. The minimum Gasteiger partial charge on any atom is -0.360 e. The van der Waals surface area contributed by atoms with Crippen molar-refractivity contribution in [2.24, 2.45) is 0 Å². The van der Waals surface area contributed by atoms with Crippen molar-refractivity contribution < 1.29 is 9.32 Å². The summed E-state index contributed by atoms with van der Waals surface area (Å²) in [6.45, 7) is 1.54. The molecule has 1 aromatic rings. The second-order valence-electron chi connectivity index (χ2n) is 2.32. The van der Waals surface area contributed by atoms with Gasteiger partial charge in [0.2, 0.25) is 0 Å². The number of ketones is 1. The minimum atomic E-state index is 0.137. The molecule has 0 saturated heterocycles. The van der Waals surface area contributed by atoms with Crippen LogP contribution in [-0.2, 0) is 11.2 Å². The van der Waals surface area contributed by atoms with E-state index >= 15 is 0 Å². The highest BCUT2D eigenvalue weighted by Crippen LogP contribution is 2.10. The molecule has 0 amide bonds. The monoisotopic (exact) mass is 173 g/mol. The number of carbonyl (C=O) groups is 1. The van der Waals surface area contributed by atoms with Crippen LogP contribution in [-0.4, -0.2) is 10.9 Å². The van der Waals surface area contributed by atoms with Crippen LogP contribution < -0.4 is 0 Å². The molecule has 0 N–H and O–H groups in total. The van der Waals surface area contributed by atoms with Gasteiger partial charge in [-0.2, -0.15) is 0 Å². The second kappa shape index (κ2) is 3.53. The Balaban J connectivity index is 2.45. The fraction of sp³-hybridized carbons (Fsp3) is 0.429. The first-order valence-corrected chi connectivity index (χ1v) is 3.67. The van der Waals surface area contributed by atoms with Crippen molar-refractivity contribution >= 4 is 17.4 Å². The fourth-order valence-corrected chi connectivity index (χ4v) is 0.861. The predicted octanol–water partition coefficient (Wildman–Crippen LogP) is 1.85. The summed E-state index contributed by atoms with van der Waals surface area (Å²) in [5.74, 6) is 0.794. The van der Waals surface area contributed by atoms with E-state index in [0.717, 1.165) is 0 Å². The summed E-state index contributed by atoms with van der Waals surface area (Å²) in [5.41, 5.74) is 0. The molecule has 0 spiro atoms. The Kier molecular flexibility index (Phi) is 2.65. The van der Waals surface area contributed by atoms with Gasteiger partial charge in [0.1, 0.15) is 11.5 Å². The van der Waals surface area contributed by atoms with Crippen LogP contribution in [0.1, 0.15) is 19.1 Å². The number of nitrogens with zero attached hydrogens (tertiary/aromatic N) is 1. The zero-order valence-corrected chi connectivity index (χ0v) is 6.89. The minimum absolute atomic E-state index is 0.137. The summed E-state index contributed by atoms with van der Waals surface area (Å²) >= 11 is 5.49. The van der Waals surface area contributed by atoms with Gasteiger partial charge >= 0.3 is 0 Å². The van der Waals surface area contributed by atoms with Gasteiger partial charge in [0, 0.05) is 18.9 Å². The molecule has 1 rings (SSSR count). The lowest BCUT2D eigenvalue weighted by atomic mass is 10.2. The first-order chi connectivity index (χ1) is 5.18. The zero-order chi connectivity index (χ0) is 8.27. The van der Waals surface area contributed by atoms with Gasteiger partial charge in [0.05, 0.1) is 0 Å². The highest BCUT2D eigenvalue weighted by Gasteiger charge is 2.02. The van der Waals surface area contributed by atoms with Gasteiger partial charge < -0.3 is 9.32 Å². The van der Waals surface area contributed by atoms with Gasteiger partial charge in [-0.25, -0.2) is 0 Å². The van der Waals surface area contributed by atoms with Gasteiger partial charge in [-0.3, -0.25) is 0 Å². The van der Waals surface area contributed by atoms with Crippen LogP contribution in [0.25, 0.3) is 0 Å². The molecule has 0 unspecified atom stereocenters. The van der Waals surface area contributed by atoms with Gasteiger partial charge in [-0.1, -0.05) is 16.8 Å². The first-order valence-electron chi connectivity index (χ1n) is 3.29. The van der Waals surface area contributed by atoms with Crippen molar-refractivity contribution in [1.29, 1.82) is 0 Å². The molecule has 60 valence electrons. The van der Waals surface area contributed by atoms with Crippen LogP contribution in [0.2, 0.25) is 5.15 Å². The van der Waals surface area contributed by atoms with Crippen LogP contribution in [0.4, 0.5) is 0 Å². The Morgan fingerprint density at radius 1 is 1.82 bits per heavy atom. The summed E-state index contributed by atoms with van der Waals surface area (Å²) in [4.78, 5) is 10.5. The third kappa shape index (κ3) is 2.72. The number of Topliss-reactive ketones (excluding diaryl/α,β-unsaturated/α-hetero) is 1. The Labute approximate surface area is 69.3 Å². The van der Waals surface area contributed by atoms with Crippen LogP contribution in [0.3, 0.4) is 0 Å². The zero-order valence-electron chi connectivity index (χ0n) is 6.13. The summed E-state index contributed by atoms with van der Waals surface area (Å²) in [5, 5.41) is 3.81. The molecular formula is C7H8ClNO2. The normalized spacial score (nSPS) is 10.0. The quantitative estimate of drug-likeness (QED) is 0.701. The van der Waals surface area contributed by atoms with Crippen molar-refractivity contribution in [3.63, 3.8) is 0 Å². The first kappa shape index (κ1) is 8.27. The maximum absolute atomic E-state index is 10.5. The van der Waals surface area contributed by atoms with E-state index in [1.54, 1.807) is 6.07 Å². The number of aromatic nitrogens is 1. The van der Waals surface area contributed by atoms with Crippen molar-refractivity contribution in [3.8, 4) is 0 Å². The molecule has 4 heteroatoms. The summed E-state index contributed by atoms with van der Waals surface area (Å²) in [6, 6.07) is 1.62. The van der Waals surface area contributed by atoms with Crippen LogP contribution in [0.15, 0.2) is 10.6 Å². The molecular weight excluding hydrogens is 166 g/mol. The van der Waals surface area contributed by atoms with Crippen molar-refractivity contribution in [2.45, 2.75) is 19.8 Å². The second-order valence-corrected chi connectivity index (χ2v) is 2.71. The van der Waals surface area contributed by atoms with Crippen LogP contribution in [0, 0.1) is 0 Å². The topological polar surface area (TPSA) is 43.1 Å². The van der Waals surface area contributed by atoms with E-state index in [9.17, 15) is 4.79 Å². The molecule has 3 nitrogen and oxygen atoms in total. The average molecular weight is 174 g/mol. The maximum Gasteiger partial charge on any atom is 0.172 e. The number of aryl methyl sites for hydroxylation is 1. The largest absolute Gasteiger partial charge is 0.360 e. The van der Waals surface area contributed by atoms with E-state index in [2.05, 4.69) is 5.16 Å². The Hall–Kier alpha value is -0.830. The highest BCUT2D eigenvalue weighted by atomic mass is 35.5. The van der Waals surface area contributed by atoms with Crippen molar-refractivity contribution in [3.05, 3.63) is 17.0 Å². The third-order valence-electron chi connectivity index (χ3n) is 1.25. The lowest BCUT2D eigenvalue weighted by Crippen LogP contribution is -1.91. The lowest BCUT2D eigenvalue weighted by Gasteiger charge is -1.88. The van der Waals surface area contributed by atoms with E-state index in [-0.39, 0.29) is 5.78 Å². The molecule has 0 radical (unpaired) electrons. The molecule has 11 heavy (non-hydrogen) atoms. The van der Waals surface area contributed by atoms with Crippen LogP contribution >= 0.6 is 11.6 Å². The van der Waals surface area contributed by atoms with Crippen LogP contribution in [0.5, 0.6) is 0 Å². The molecule has 0 aliphatic rings. The standard InChI is InChI=1S/C7H8ClNO2/c1-5(10)2-3-6-4-7(8)9-11-6/h4H,2-3H2,1H3. The molecule has 0 aromatic carbocycles. The highest BCUT2D eigenvalue weighted by molar-refractivity contribution is 6.29. The number of rotatable bonds is 3.